The molecule has 1 saturated heterocycles. The number of piperidine rings is 1. The van der Waals surface area contributed by atoms with Gasteiger partial charge < -0.3 is 9.64 Å². The Balaban J connectivity index is 1.31. The van der Waals surface area contributed by atoms with Crippen molar-refractivity contribution in [1.29, 1.82) is 0 Å². The number of hydrogen-bond acceptors (Lipinski definition) is 2. The molecular formula is C26H31ClF3NO. The van der Waals surface area contributed by atoms with Gasteiger partial charge in [0.15, 0.2) is 0 Å². The molecule has 32 heavy (non-hydrogen) atoms. The van der Waals surface area contributed by atoms with Gasteiger partial charge in [0.2, 0.25) is 0 Å². The highest BCUT2D eigenvalue weighted by Gasteiger charge is 2.39. The van der Waals surface area contributed by atoms with Crippen LogP contribution in [0.4, 0.5) is 13.2 Å². The molecule has 0 amide bonds. The lowest BCUT2D eigenvalue weighted by molar-refractivity contribution is -0.137. The monoisotopic (exact) mass is 465 g/mol. The van der Waals surface area contributed by atoms with E-state index in [1.165, 1.54) is 37.0 Å². The molecule has 0 bridgehead atoms. The van der Waals surface area contributed by atoms with Gasteiger partial charge in [-0.1, -0.05) is 30.2 Å². The van der Waals surface area contributed by atoms with E-state index in [2.05, 4.69) is 24.0 Å². The third kappa shape index (κ3) is 5.43. The van der Waals surface area contributed by atoms with Crippen LogP contribution in [0.1, 0.15) is 56.6 Å². The highest BCUT2D eigenvalue weighted by Crippen LogP contribution is 2.47. The fourth-order valence-electron chi connectivity index (χ4n) is 5.11. The maximum Gasteiger partial charge on any atom is 0.416 e. The molecule has 1 heterocycles. The Morgan fingerprint density at radius 2 is 1.72 bits per heavy atom. The van der Waals surface area contributed by atoms with Crippen molar-refractivity contribution in [2.75, 3.05) is 19.7 Å². The first-order valence-electron chi connectivity index (χ1n) is 11.6. The van der Waals surface area contributed by atoms with Crippen LogP contribution in [0.25, 0.3) is 0 Å². The van der Waals surface area contributed by atoms with Gasteiger partial charge in [0.05, 0.1) is 12.2 Å². The number of alkyl halides is 3. The Morgan fingerprint density at radius 3 is 2.31 bits per heavy atom. The van der Waals surface area contributed by atoms with Crippen molar-refractivity contribution in [3.8, 4) is 5.75 Å². The first kappa shape index (κ1) is 23.4. The van der Waals surface area contributed by atoms with Gasteiger partial charge in [-0.2, -0.15) is 13.2 Å². The highest BCUT2D eigenvalue weighted by molar-refractivity contribution is 6.30. The lowest BCUT2D eigenvalue weighted by Crippen LogP contribution is -2.46. The molecule has 1 aliphatic carbocycles. The standard InChI is InChI=1S/C26H31ClF3NO/c1-19-3-4-20(18-32-24-11-7-22(8-12-24)26(28,29)30)17-31(19)16-15-25(13-2-14-25)21-5-9-23(27)10-6-21/h5-12,19-20H,2-4,13-18H2,1H3. The van der Waals surface area contributed by atoms with Gasteiger partial charge >= 0.3 is 6.18 Å². The highest BCUT2D eigenvalue weighted by atomic mass is 35.5. The van der Waals surface area contributed by atoms with E-state index in [1.54, 1.807) is 0 Å². The van der Waals surface area contributed by atoms with Gasteiger partial charge in [-0.3, -0.25) is 0 Å². The lowest BCUT2D eigenvalue weighted by atomic mass is 9.62. The summed E-state index contributed by atoms with van der Waals surface area (Å²) in [7, 11) is 0. The van der Waals surface area contributed by atoms with Crippen molar-refractivity contribution < 1.29 is 17.9 Å². The summed E-state index contributed by atoms with van der Waals surface area (Å²) in [5, 5.41) is 0.781. The Hall–Kier alpha value is -1.72. The summed E-state index contributed by atoms with van der Waals surface area (Å²) in [6.07, 6.45) is 2.78. The molecule has 174 valence electrons. The molecule has 2 unspecified atom stereocenters. The maximum atomic E-state index is 12.7. The number of rotatable bonds is 7. The van der Waals surface area contributed by atoms with E-state index in [0.29, 0.717) is 24.3 Å². The largest absolute Gasteiger partial charge is 0.493 e. The van der Waals surface area contributed by atoms with E-state index < -0.39 is 11.7 Å². The summed E-state index contributed by atoms with van der Waals surface area (Å²) < 4.78 is 44.1. The summed E-state index contributed by atoms with van der Waals surface area (Å²) in [5.74, 6) is 0.890. The first-order chi connectivity index (χ1) is 15.2. The molecule has 0 N–H and O–H groups in total. The minimum absolute atomic E-state index is 0.272. The number of hydrogen-bond donors (Lipinski definition) is 0. The number of likely N-dealkylation sites (tertiary alicyclic amines) is 1. The van der Waals surface area contributed by atoms with Crippen molar-refractivity contribution in [2.24, 2.45) is 5.92 Å². The summed E-state index contributed by atoms with van der Waals surface area (Å²) >= 11 is 6.09. The molecule has 2 fully saturated rings. The molecule has 2 aliphatic rings. The second kappa shape index (κ2) is 9.64. The Kier molecular flexibility index (Phi) is 7.06. The van der Waals surface area contributed by atoms with Gasteiger partial charge in [0.25, 0.3) is 0 Å². The normalized spacial score (nSPS) is 23.5. The number of benzene rings is 2. The Morgan fingerprint density at radius 1 is 1.03 bits per heavy atom. The molecule has 2 aromatic rings. The molecule has 2 nitrogen and oxygen atoms in total. The SMILES string of the molecule is CC1CCC(COc2ccc(C(F)(F)F)cc2)CN1CCC1(c2ccc(Cl)cc2)CCC1. The van der Waals surface area contributed by atoms with Crippen LogP contribution in [-0.4, -0.2) is 30.6 Å². The minimum atomic E-state index is -4.32. The van der Waals surface area contributed by atoms with Crippen molar-refractivity contribution in [2.45, 2.75) is 63.1 Å². The topological polar surface area (TPSA) is 12.5 Å². The number of ether oxygens (including phenoxy) is 1. The van der Waals surface area contributed by atoms with Gasteiger partial charge in [0.1, 0.15) is 5.75 Å². The molecule has 1 saturated carbocycles. The second-order valence-corrected chi connectivity index (χ2v) is 9.95. The number of nitrogens with zero attached hydrogens (tertiary/aromatic N) is 1. The fourth-order valence-corrected chi connectivity index (χ4v) is 5.24. The first-order valence-corrected chi connectivity index (χ1v) is 11.9. The molecule has 2 atom stereocenters. The molecule has 0 radical (unpaired) electrons. The minimum Gasteiger partial charge on any atom is -0.493 e. The summed E-state index contributed by atoms with van der Waals surface area (Å²) in [4.78, 5) is 2.57. The third-order valence-corrected chi connectivity index (χ3v) is 7.67. The van der Waals surface area contributed by atoms with Crippen LogP contribution < -0.4 is 4.74 Å². The van der Waals surface area contributed by atoms with Crippen LogP contribution in [0.3, 0.4) is 0 Å². The number of halogens is 4. The molecule has 0 aromatic heterocycles. The zero-order chi connectivity index (χ0) is 22.8. The fraction of sp³-hybridized carbons (Fsp3) is 0.538. The van der Waals surface area contributed by atoms with E-state index in [0.717, 1.165) is 49.5 Å². The Bertz CT molecular complexity index is 877. The van der Waals surface area contributed by atoms with Gasteiger partial charge in [-0.15, -0.1) is 0 Å². The molecule has 1 aliphatic heterocycles. The zero-order valence-electron chi connectivity index (χ0n) is 18.5. The van der Waals surface area contributed by atoms with Gasteiger partial charge in [0, 0.05) is 23.5 Å². The van der Waals surface area contributed by atoms with Crippen molar-refractivity contribution in [3.63, 3.8) is 0 Å². The van der Waals surface area contributed by atoms with Crippen LogP contribution in [0.15, 0.2) is 48.5 Å². The molecule has 2 aromatic carbocycles. The molecule has 4 rings (SSSR count). The van der Waals surface area contributed by atoms with Gasteiger partial charge in [-0.25, -0.2) is 0 Å². The van der Waals surface area contributed by atoms with E-state index in [-0.39, 0.29) is 5.41 Å². The van der Waals surface area contributed by atoms with E-state index in [9.17, 15) is 13.2 Å². The van der Waals surface area contributed by atoms with Crippen molar-refractivity contribution in [1.82, 2.24) is 4.90 Å². The quantitative estimate of drug-likeness (QED) is 0.423. The van der Waals surface area contributed by atoms with E-state index >= 15 is 0 Å². The van der Waals surface area contributed by atoms with Crippen LogP contribution in [0.5, 0.6) is 5.75 Å². The average Bonchev–Trinajstić information content (AvgIpc) is 2.74. The van der Waals surface area contributed by atoms with Crippen molar-refractivity contribution >= 4 is 11.6 Å². The summed E-state index contributed by atoms with van der Waals surface area (Å²) in [6.45, 7) is 4.86. The van der Waals surface area contributed by atoms with Crippen LogP contribution >= 0.6 is 11.6 Å². The third-order valence-electron chi connectivity index (χ3n) is 7.42. The van der Waals surface area contributed by atoms with E-state index in [1.807, 2.05) is 12.1 Å². The molecular weight excluding hydrogens is 435 g/mol. The summed E-state index contributed by atoms with van der Waals surface area (Å²) in [5.41, 5.74) is 1.03. The summed E-state index contributed by atoms with van der Waals surface area (Å²) in [6, 6.07) is 13.9. The van der Waals surface area contributed by atoms with Crippen LogP contribution in [0, 0.1) is 5.92 Å². The van der Waals surface area contributed by atoms with E-state index in [4.69, 9.17) is 16.3 Å². The predicted octanol–water partition coefficient (Wildman–Crippen LogP) is 7.35. The van der Waals surface area contributed by atoms with Crippen molar-refractivity contribution in [3.05, 3.63) is 64.7 Å². The Labute approximate surface area is 193 Å². The molecule has 0 spiro atoms. The smallest absolute Gasteiger partial charge is 0.416 e. The predicted molar refractivity (Wildman–Crippen MR) is 122 cm³/mol. The van der Waals surface area contributed by atoms with Gasteiger partial charge in [-0.05, 0) is 92.9 Å². The lowest BCUT2D eigenvalue weighted by Gasteiger charge is -2.46. The van der Waals surface area contributed by atoms with Crippen LogP contribution in [0.2, 0.25) is 5.02 Å². The van der Waals surface area contributed by atoms with Crippen LogP contribution in [-0.2, 0) is 11.6 Å². The maximum absolute atomic E-state index is 12.7. The molecule has 6 heteroatoms. The average molecular weight is 466 g/mol. The zero-order valence-corrected chi connectivity index (χ0v) is 19.3. The second-order valence-electron chi connectivity index (χ2n) is 9.51.